The Balaban J connectivity index is 1.81. The highest BCUT2D eigenvalue weighted by Crippen LogP contribution is 2.25. The Kier molecular flexibility index (Phi) is 5.10. The molecule has 1 aromatic heterocycles. The molecule has 1 aromatic carbocycles. The number of rotatable bonds is 5. The molecule has 2 heterocycles. The normalized spacial score (nSPS) is 18.2. The monoisotopic (exact) mass is 313 g/mol. The molecular formula is C18H27N5. The molecule has 1 aliphatic rings. The van der Waals surface area contributed by atoms with E-state index in [1.165, 1.54) is 5.69 Å². The summed E-state index contributed by atoms with van der Waals surface area (Å²) in [6.07, 6.45) is 1.99. The summed E-state index contributed by atoms with van der Waals surface area (Å²) in [5, 5.41) is 0. The minimum atomic E-state index is 0.240. The van der Waals surface area contributed by atoms with Crippen molar-refractivity contribution in [1.82, 2.24) is 19.4 Å². The molecule has 5 nitrogen and oxygen atoms in total. The van der Waals surface area contributed by atoms with Gasteiger partial charge in [-0.2, -0.15) is 0 Å². The van der Waals surface area contributed by atoms with Gasteiger partial charge in [0.2, 0.25) is 0 Å². The van der Waals surface area contributed by atoms with Crippen molar-refractivity contribution < 1.29 is 0 Å². The van der Waals surface area contributed by atoms with Gasteiger partial charge in [0.1, 0.15) is 5.82 Å². The number of hydrogen-bond acceptors (Lipinski definition) is 4. The van der Waals surface area contributed by atoms with Gasteiger partial charge < -0.3 is 15.2 Å². The first kappa shape index (κ1) is 16.2. The molecule has 1 saturated heterocycles. The summed E-state index contributed by atoms with van der Waals surface area (Å²) in [6.45, 7) is 8.37. The van der Waals surface area contributed by atoms with Crippen LogP contribution in [-0.2, 0) is 7.05 Å². The maximum atomic E-state index is 6.12. The quantitative estimate of drug-likeness (QED) is 0.913. The van der Waals surface area contributed by atoms with Gasteiger partial charge in [0, 0.05) is 45.3 Å². The van der Waals surface area contributed by atoms with Crippen molar-refractivity contribution in [2.45, 2.75) is 13.0 Å². The van der Waals surface area contributed by atoms with Gasteiger partial charge in [0.25, 0.3) is 0 Å². The van der Waals surface area contributed by atoms with Crippen molar-refractivity contribution in [3.05, 3.63) is 42.2 Å². The first-order chi connectivity index (χ1) is 11.2. The molecule has 1 fully saturated rings. The molecular weight excluding hydrogens is 286 g/mol. The second-order valence-corrected chi connectivity index (χ2v) is 6.15. The summed E-state index contributed by atoms with van der Waals surface area (Å²) in [4.78, 5) is 9.64. The van der Waals surface area contributed by atoms with E-state index < -0.39 is 0 Å². The Morgan fingerprint density at radius 2 is 1.83 bits per heavy atom. The SMILES string of the molecule is CCN1CCN(C(CN)c2cnc(-c3ccccc3)n2C)CC1. The van der Waals surface area contributed by atoms with Crippen molar-refractivity contribution in [2.24, 2.45) is 12.8 Å². The maximum absolute atomic E-state index is 6.12. The summed E-state index contributed by atoms with van der Waals surface area (Å²) in [5.41, 5.74) is 8.47. The van der Waals surface area contributed by atoms with Crippen LogP contribution in [0.2, 0.25) is 0 Å². The third-order valence-electron chi connectivity index (χ3n) is 4.92. The van der Waals surface area contributed by atoms with E-state index >= 15 is 0 Å². The van der Waals surface area contributed by atoms with Crippen LogP contribution in [0.1, 0.15) is 18.7 Å². The average Bonchev–Trinajstić information content (AvgIpc) is 2.99. The lowest BCUT2D eigenvalue weighted by molar-refractivity contribution is 0.0992. The van der Waals surface area contributed by atoms with Gasteiger partial charge in [-0.25, -0.2) is 4.98 Å². The zero-order chi connectivity index (χ0) is 16.2. The second-order valence-electron chi connectivity index (χ2n) is 6.15. The van der Waals surface area contributed by atoms with E-state index in [4.69, 9.17) is 5.73 Å². The predicted octanol–water partition coefficient (Wildman–Crippen LogP) is 1.72. The molecule has 0 bridgehead atoms. The van der Waals surface area contributed by atoms with E-state index in [9.17, 15) is 0 Å². The molecule has 1 atom stereocenters. The highest BCUT2D eigenvalue weighted by Gasteiger charge is 2.26. The molecule has 3 rings (SSSR count). The van der Waals surface area contributed by atoms with E-state index in [2.05, 4.69) is 45.5 Å². The van der Waals surface area contributed by atoms with Crippen LogP contribution in [0.4, 0.5) is 0 Å². The number of piperazine rings is 1. The van der Waals surface area contributed by atoms with E-state index in [-0.39, 0.29) is 6.04 Å². The van der Waals surface area contributed by atoms with Crippen molar-refractivity contribution in [3.63, 3.8) is 0 Å². The van der Waals surface area contributed by atoms with Crippen LogP contribution in [0.5, 0.6) is 0 Å². The van der Waals surface area contributed by atoms with E-state index in [0.29, 0.717) is 6.54 Å². The van der Waals surface area contributed by atoms with E-state index in [0.717, 1.165) is 44.1 Å². The van der Waals surface area contributed by atoms with Crippen LogP contribution in [0.3, 0.4) is 0 Å². The fraction of sp³-hybridized carbons (Fsp3) is 0.500. The molecule has 1 aliphatic heterocycles. The molecule has 0 amide bonds. The number of benzene rings is 1. The van der Waals surface area contributed by atoms with Gasteiger partial charge in [0.05, 0.1) is 17.9 Å². The lowest BCUT2D eigenvalue weighted by Crippen LogP contribution is -2.49. The van der Waals surface area contributed by atoms with E-state index in [1.54, 1.807) is 0 Å². The van der Waals surface area contributed by atoms with Crippen molar-refractivity contribution >= 4 is 0 Å². The molecule has 23 heavy (non-hydrogen) atoms. The molecule has 0 spiro atoms. The van der Waals surface area contributed by atoms with E-state index in [1.807, 2.05) is 24.4 Å². The van der Waals surface area contributed by atoms with Crippen LogP contribution < -0.4 is 5.73 Å². The zero-order valence-electron chi connectivity index (χ0n) is 14.2. The molecule has 2 N–H and O–H groups in total. The molecule has 2 aromatic rings. The maximum Gasteiger partial charge on any atom is 0.139 e. The minimum absolute atomic E-state index is 0.240. The summed E-state index contributed by atoms with van der Waals surface area (Å²) in [6, 6.07) is 10.6. The number of likely N-dealkylation sites (N-methyl/N-ethyl adjacent to an activating group) is 1. The predicted molar refractivity (Wildman–Crippen MR) is 94.1 cm³/mol. The Hall–Kier alpha value is -1.69. The Morgan fingerprint density at radius 1 is 1.13 bits per heavy atom. The Morgan fingerprint density at radius 3 is 2.43 bits per heavy atom. The highest BCUT2D eigenvalue weighted by molar-refractivity contribution is 5.55. The van der Waals surface area contributed by atoms with Gasteiger partial charge in [-0.1, -0.05) is 37.3 Å². The van der Waals surface area contributed by atoms with Gasteiger partial charge >= 0.3 is 0 Å². The topological polar surface area (TPSA) is 50.3 Å². The summed E-state index contributed by atoms with van der Waals surface area (Å²) in [5.74, 6) is 1.01. The minimum Gasteiger partial charge on any atom is -0.330 e. The molecule has 0 radical (unpaired) electrons. The van der Waals surface area contributed by atoms with Crippen molar-refractivity contribution in [1.29, 1.82) is 0 Å². The first-order valence-corrected chi connectivity index (χ1v) is 8.48. The van der Waals surface area contributed by atoms with Gasteiger partial charge in [-0.3, -0.25) is 4.90 Å². The fourth-order valence-corrected chi connectivity index (χ4v) is 3.44. The molecule has 5 heteroatoms. The number of hydrogen-bond donors (Lipinski definition) is 1. The van der Waals surface area contributed by atoms with Crippen LogP contribution in [0, 0.1) is 0 Å². The molecule has 1 unspecified atom stereocenters. The van der Waals surface area contributed by atoms with Crippen LogP contribution in [0.15, 0.2) is 36.5 Å². The Labute approximate surface area is 138 Å². The first-order valence-electron chi connectivity index (χ1n) is 8.48. The lowest BCUT2D eigenvalue weighted by Gasteiger charge is -2.38. The molecule has 124 valence electrons. The van der Waals surface area contributed by atoms with Gasteiger partial charge in [-0.05, 0) is 6.54 Å². The molecule has 0 saturated carbocycles. The van der Waals surface area contributed by atoms with Crippen LogP contribution in [-0.4, -0.2) is 58.6 Å². The van der Waals surface area contributed by atoms with Crippen LogP contribution in [0.25, 0.3) is 11.4 Å². The number of nitrogens with two attached hydrogens (primary N) is 1. The fourth-order valence-electron chi connectivity index (χ4n) is 3.44. The van der Waals surface area contributed by atoms with Gasteiger partial charge in [0.15, 0.2) is 0 Å². The summed E-state index contributed by atoms with van der Waals surface area (Å²) in [7, 11) is 2.09. The smallest absolute Gasteiger partial charge is 0.139 e. The number of aromatic nitrogens is 2. The summed E-state index contributed by atoms with van der Waals surface area (Å²) < 4.78 is 2.19. The third-order valence-corrected chi connectivity index (χ3v) is 4.92. The average molecular weight is 313 g/mol. The second kappa shape index (κ2) is 7.25. The largest absolute Gasteiger partial charge is 0.330 e. The molecule has 0 aliphatic carbocycles. The van der Waals surface area contributed by atoms with Gasteiger partial charge in [-0.15, -0.1) is 0 Å². The van der Waals surface area contributed by atoms with Crippen molar-refractivity contribution in [2.75, 3.05) is 39.3 Å². The standard InChI is InChI=1S/C18H27N5/c1-3-22-9-11-23(12-10-22)16(13-19)17-14-20-18(21(17)2)15-7-5-4-6-8-15/h4-8,14,16H,3,9-13,19H2,1-2H3. The zero-order valence-corrected chi connectivity index (χ0v) is 14.2. The number of nitrogens with zero attached hydrogens (tertiary/aromatic N) is 4. The lowest BCUT2D eigenvalue weighted by atomic mass is 10.1. The van der Waals surface area contributed by atoms with Crippen LogP contribution >= 0.6 is 0 Å². The van der Waals surface area contributed by atoms with Crippen molar-refractivity contribution in [3.8, 4) is 11.4 Å². The Bertz CT molecular complexity index is 614. The highest BCUT2D eigenvalue weighted by atomic mass is 15.3. The summed E-state index contributed by atoms with van der Waals surface area (Å²) >= 11 is 0. The third kappa shape index (κ3) is 3.32. The number of imidazole rings is 1.